The number of carbonyl (C=O) groups excluding carboxylic acids is 1. The second-order valence-electron chi connectivity index (χ2n) is 8.04. The van der Waals surface area contributed by atoms with Crippen molar-refractivity contribution >= 4 is 54.0 Å². The van der Waals surface area contributed by atoms with Crippen LogP contribution in [-0.2, 0) is 27.6 Å². The molecule has 4 aromatic rings. The highest BCUT2D eigenvalue weighted by atomic mass is 35.5. The number of amides is 1. The van der Waals surface area contributed by atoms with Crippen molar-refractivity contribution < 1.29 is 17.6 Å². The van der Waals surface area contributed by atoms with Gasteiger partial charge in [0.25, 0.3) is 0 Å². The second-order valence-corrected chi connectivity index (χ2v) is 12.0. The molecule has 0 unspecified atom stereocenters. The second kappa shape index (κ2) is 9.29. The van der Waals surface area contributed by atoms with Crippen LogP contribution in [0.15, 0.2) is 64.1 Å². The van der Waals surface area contributed by atoms with Gasteiger partial charge in [0.1, 0.15) is 5.76 Å². The van der Waals surface area contributed by atoms with Crippen LogP contribution in [0.3, 0.4) is 0 Å². The molecule has 4 rings (SSSR count). The first-order valence-corrected chi connectivity index (χ1v) is 13.1. The highest BCUT2D eigenvalue weighted by Gasteiger charge is 2.23. The predicted octanol–water partition coefficient (Wildman–Crippen LogP) is 5.81. The third-order valence-corrected chi connectivity index (χ3v) is 8.71. The SMILES string of the molecule is Cc1cc(Cl)cc2sc(N(Cc3ccco3)C(=O)Cc3ccc(S(=O)(=O)C(C)C)cc3)nc12. The van der Waals surface area contributed by atoms with E-state index in [1.807, 2.05) is 19.1 Å². The number of anilines is 1. The average Bonchev–Trinajstić information content (AvgIpc) is 3.42. The largest absolute Gasteiger partial charge is 0.467 e. The molecule has 0 saturated carbocycles. The fraction of sp³-hybridized carbons (Fsp3) is 0.250. The highest BCUT2D eigenvalue weighted by molar-refractivity contribution is 7.92. The quantitative estimate of drug-likeness (QED) is 0.318. The lowest BCUT2D eigenvalue weighted by molar-refractivity contribution is -0.118. The lowest BCUT2D eigenvalue weighted by Crippen LogP contribution is -2.31. The molecule has 0 radical (unpaired) electrons. The summed E-state index contributed by atoms with van der Waals surface area (Å²) in [4.78, 5) is 19.9. The lowest BCUT2D eigenvalue weighted by atomic mass is 10.1. The summed E-state index contributed by atoms with van der Waals surface area (Å²) >= 11 is 7.59. The van der Waals surface area contributed by atoms with Crippen molar-refractivity contribution in [3.8, 4) is 0 Å². The summed E-state index contributed by atoms with van der Waals surface area (Å²) in [7, 11) is -3.37. The van der Waals surface area contributed by atoms with E-state index in [0.717, 1.165) is 15.8 Å². The summed E-state index contributed by atoms with van der Waals surface area (Å²) < 4.78 is 31.1. The van der Waals surface area contributed by atoms with E-state index in [1.165, 1.54) is 11.3 Å². The molecule has 2 heterocycles. The van der Waals surface area contributed by atoms with E-state index in [9.17, 15) is 13.2 Å². The van der Waals surface area contributed by atoms with Crippen LogP contribution in [-0.4, -0.2) is 24.6 Å². The minimum Gasteiger partial charge on any atom is -0.467 e. The monoisotopic (exact) mass is 502 g/mol. The van der Waals surface area contributed by atoms with Crippen molar-refractivity contribution in [2.24, 2.45) is 0 Å². The summed E-state index contributed by atoms with van der Waals surface area (Å²) in [6.45, 7) is 5.46. The Labute approximate surface area is 201 Å². The highest BCUT2D eigenvalue weighted by Crippen LogP contribution is 2.34. The summed E-state index contributed by atoms with van der Waals surface area (Å²) in [5, 5.41) is 0.663. The number of thiazole rings is 1. The zero-order valence-electron chi connectivity index (χ0n) is 18.4. The first-order valence-electron chi connectivity index (χ1n) is 10.4. The number of fused-ring (bicyclic) bond motifs is 1. The smallest absolute Gasteiger partial charge is 0.233 e. The van der Waals surface area contributed by atoms with Crippen LogP contribution in [0.25, 0.3) is 10.2 Å². The van der Waals surface area contributed by atoms with Gasteiger partial charge in [-0.1, -0.05) is 35.1 Å². The Morgan fingerprint density at radius 1 is 1.18 bits per heavy atom. The number of benzene rings is 2. The van der Waals surface area contributed by atoms with E-state index in [2.05, 4.69) is 0 Å². The van der Waals surface area contributed by atoms with Crippen molar-refractivity contribution in [3.05, 3.63) is 76.7 Å². The van der Waals surface area contributed by atoms with Gasteiger partial charge in [0.15, 0.2) is 15.0 Å². The molecule has 0 aliphatic rings. The van der Waals surface area contributed by atoms with E-state index in [0.29, 0.717) is 21.5 Å². The van der Waals surface area contributed by atoms with Gasteiger partial charge in [0.05, 0.1) is 39.6 Å². The number of rotatable bonds is 7. The Morgan fingerprint density at radius 3 is 2.55 bits per heavy atom. The number of hydrogen-bond donors (Lipinski definition) is 0. The van der Waals surface area contributed by atoms with Gasteiger partial charge in [-0.05, 0) is 68.3 Å². The number of sulfone groups is 1. The molecule has 2 aromatic carbocycles. The molecule has 0 saturated heterocycles. The molecule has 0 atom stereocenters. The maximum atomic E-state index is 13.4. The molecule has 0 fully saturated rings. The fourth-order valence-electron chi connectivity index (χ4n) is 3.42. The number of aromatic nitrogens is 1. The van der Waals surface area contributed by atoms with Gasteiger partial charge in [-0.2, -0.15) is 0 Å². The molecule has 2 aromatic heterocycles. The van der Waals surface area contributed by atoms with Crippen LogP contribution < -0.4 is 4.90 Å². The third-order valence-electron chi connectivity index (χ3n) is 5.29. The minimum atomic E-state index is -3.37. The van der Waals surface area contributed by atoms with E-state index in [1.54, 1.807) is 61.4 Å². The zero-order chi connectivity index (χ0) is 23.8. The van der Waals surface area contributed by atoms with Crippen LogP contribution in [0, 0.1) is 6.92 Å². The van der Waals surface area contributed by atoms with E-state index in [4.69, 9.17) is 21.0 Å². The van der Waals surface area contributed by atoms with Crippen LogP contribution in [0.5, 0.6) is 0 Å². The molecule has 6 nitrogen and oxygen atoms in total. The van der Waals surface area contributed by atoms with Gasteiger partial charge in [-0.25, -0.2) is 13.4 Å². The molecular formula is C24H23ClN2O4S2. The molecule has 33 heavy (non-hydrogen) atoms. The Hall–Kier alpha value is -2.68. The minimum absolute atomic E-state index is 0.0956. The van der Waals surface area contributed by atoms with E-state index < -0.39 is 15.1 Å². The van der Waals surface area contributed by atoms with Crippen LogP contribution in [0.4, 0.5) is 5.13 Å². The molecule has 9 heteroatoms. The van der Waals surface area contributed by atoms with Gasteiger partial charge in [-0.15, -0.1) is 0 Å². The Balaban J connectivity index is 1.64. The number of hydrogen-bond acceptors (Lipinski definition) is 6. The summed E-state index contributed by atoms with van der Waals surface area (Å²) in [5.74, 6) is 0.462. The maximum absolute atomic E-state index is 13.4. The van der Waals surface area contributed by atoms with Crippen molar-refractivity contribution in [2.45, 2.75) is 43.9 Å². The van der Waals surface area contributed by atoms with Gasteiger partial charge in [0, 0.05) is 5.02 Å². The molecule has 0 bridgehead atoms. The molecular weight excluding hydrogens is 480 g/mol. The van der Waals surface area contributed by atoms with Crippen LogP contribution in [0.1, 0.15) is 30.7 Å². The summed E-state index contributed by atoms with van der Waals surface area (Å²) in [5.41, 5.74) is 2.46. The Kier molecular flexibility index (Phi) is 6.61. The first kappa shape index (κ1) is 23.5. The first-order chi connectivity index (χ1) is 15.6. The summed E-state index contributed by atoms with van der Waals surface area (Å²) in [6, 6.07) is 13.7. The number of halogens is 1. The Morgan fingerprint density at radius 2 is 1.91 bits per heavy atom. The van der Waals surface area contributed by atoms with Crippen molar-refractivity contribution in [1.82, 2.24) is 4.98 Å². The third kappa shape index (κ3) is 4.98. The molecule has 172 valence electrons. The topological polar surface area (TPSA) is 80.5 Å². The predicted molar refractivity (Wildman–Crippen MR) is 132 cm³/mol. The van der Waals surface area contributed by atoms with Gasteiger partial charge in [0.2, 0.25) is 5.91 Å². The van der Waals surface area contributed by atoms with Gasteiger partial charge in [-0.3, -0.25) is 9.69 Å². The normalized spacial score (nSPS) is 11.9. The average molecular weight is 503 g/mol. The molecule has 0 aliphatic heterocycles. The van der Waals surface area contributed by atoms with Crippen molar-refractivity contribution in [1.29, 1.82) is 0 Å². The van der Waals surface area contributed by atoms with Gasteiger partial charge < -0.3 is 4.42 Å². The standard InChI is InChI=1S/C24H23ClN2O4S2/c1-15(2)33(29,30)20-8-6-17(7-9-20)12-22(28)27(14-19-5-4-10-31-19)24-26-23-16(3)11-18(25)13-21(23)32-24/h4-11,13,15H,12,14H2,1-3H3. The maximum Gasteiger partial charge on any atom is 0.233 e. The van der Waals surface area contributed by atoms with Crippen LogP contribution >= 0.6 is 22.9 Å². The number of carbonyl (C=O) groups is 1. The molecule has 0 spiro atoms. The molecule has 1 amide bonds. The van der Waals surface area contributed by atoms with Gasteiger partial charge >= 0.3 is 0 Å². The van der Waals surface area contributed by atoms with E-state index in [-0.39, 0.29) is 23.8 Å². The van der Waals surface area contributed by atoms with E-state index >= 15 is 0 Å². The molecule has 0 N–H and O–H groups in total. The van der Waals surface area contributed by atoms with Crippen molar-refractivity contribution in [2.75, 3.05) is 4.90 Å². The Bertz CT molecular complexity index is 1390. The fourth-order valence-corrected chi connectivity index (χ4v) is 5.91. The number of furan rings is 1. The van der Waals surface area contributed by atoms with Crippen LogP contribution in [0.2, 0.25) is 5.02 Å². The summed E-state index contributed by atoms with van der Waals surface area (Å²) in [6.07, 6.45) is 1.66. The number of aryl methyl sites for hydroxylation is 1. The molecule has 0 aliphatic carbocycles. The van der Waals surface area contributed by atoms with Crippen molar-refractivity contribution in [3.63, 3.8) is 0 Å². The lowest BCUT2D eigenvalue weighted by Gasteiger charge is -2.19. The number of nitrogens with zero attached hydrogens (tertiary/aromatic N) is 2. The zero-order valence-corrected chi connectivity index (χ0v) is 20.8.